The molecule has 0 fully saturated rings. The molecular weight excluding hydrogens is 160 g/mol. The van der Waals surface area contributed by atoms with Crippen molar-refractivity contribution in [3.05, 3.63) is 36.0 Å². The largest absolute Gasteiger partial charge is 0.370 e. The first-order valence-electron chi connectivity index (χ1n) is 4.60. The fourth-order valence-corrected chi connectivity index (χ4v) is 1.02. The molecule has 1 aromatic rings. The van der Waals surface area contributed by atoms with Gasteiger partial charge in [0.2, 0.25) is 0 Å². The monoisotopic (exact) mass is 176 g/mol. The highest BCUT2D eigenvalue weighted by Gasteiger charge is 1.90. The average Bonchev–Trinajstić information content (AvgIpc) is 2.15. The Balaban J connectivity index is 2.33. The Morgan fingerprint density at radius 1 is 1.46 bits per heavy atom. The summed E-state index contributed by atoms with van der Waals surface area (Å²) in [5.74, 6) is 0.954. The Kier molecular flexibility index (Phi) is 4.03. The Labute approximate surface area is 79.7 Å². The minimum atomic E-state index is 0.945. The third-order valence-corrected chi connectivity index (χ3v) is 1.76. The van der Waals surface area contributed by atoms with Crippen molar-refractivity contribution in [3.8, 4) is 0 Å². The van der Waals surface area contributed by atoms with E-state index in [1.807, 2.05) is 26.1 Å². The van der Waals surface area contributed by atoms with E-state index in [1.54, 1.807) is 0 Å². The van der Waals surface area contributed by atoms with Gasteiger partial charge in [0.1, 0.15) is 5.82 Å². The maximum atomic E-state index is 4.24. The van der Waals surface area contributed by atoms with Gasteiger partial charge in [-0.05, 0) is 31.9 Å². The Morgan fingerprint density at radius 3 is 2.92 bits per heavy atom. The van der Waals surface area contributed by atoms with E-state index in [0.717, 1.165) is 18.8 Å². The van der Waals surface area contributed by atoms with Crippen LogP contribution in [-0.2, 0) is 0 Å². The number of aryl methyl sites for hydroxylation is 1. The number of rotatable bonds is 4. The quantitative estimate of drug-likeness (QED) is 0.563. The summed E-state index contributed by atoms with van der Waals surface area (Å²) >= 11 is 0. The molecule has 0 spiro atoms. The normalized spacial score (nSPS) is 10.6. The number of pyridine rings is 1. The Bertz CT molecular complexity index is 262. The summed E-state index contributed by atoms with van der Waals surface area (Å²) in [7, 11) is 0. The molecule has 1 heterocycles. The van der Waals surface area contributed by atoms with E-state index in [4.69, 9.17) is 0 Å². The highest BCUT2D eigenvalue weighted by Crippen LogP contribution is 2.03. The third-order valence-electron chi connectivity index (χ3n) is 1.76. The van der Waals surface area contributed by atoms with Gasteiger partial charge in [0.05, 0.1) is 0 Å². The molecule has 0 saturated heterocycles. The molecule has 0 bridgehead atoms. The number of nitrogens with zero attached hydrogens (tertiary/aromatic N) is 1. The molecule has 0 aromatic carbocycles. The standard InChI is InChI=1S/C11H16N2/c1-3-4-5-8-12-11-7-6-10(2)9-13-11/h3-4,6-7,9H,5,8H2,1-2H3,(H,12,13)/b4-3+. The molecule has 0 atom stereocenters. The molecule has 2 nitrogen and oxygen atoms in total. The zero-order valence-electron chi connectivity index (χ0n) is 8.25. The lowest BCUT2D eigenvalue weighted by Gasteiger charge is -2.02. The minimum Gasteiger partial charge on any atom is -0.370 e. The lowest BCUT2D eigenvalue weighted by molar-refractivity contribution is 1.04. The average molecular weight is 176 g/mol. The van der Waals surface area contributed by atoms with Gasteiger partial charge in [-0.2, -0.15) is 0 Å². The molecule has 0 unspecified atom stereocenters. The summed E-state index contributed by atoms with van der Waals surface area (Å²) in [6.07, 6.45) is 7.12. The van der Waals surface area contributed by atoms with Crippen LogP contribution in [0.5, 0.6) is 0 Å². The molecule has 0 saturated carbocycles. The van der Waals surface area contributed by atoms with Crippen molar-refractivity contribution < 1.29 is 0 Å². The van der Waals surface area contributed by atoms with Gasteiger partial charge in [0.15, 0.2) is 0 Å². The SMILES string of the molecule is C/C=C/CCNc1ccc(C)cn1. The molecule has 0 aliphatic carbocycles. The number of allylic oxidation sites excluding steroid dienone is 1. The van der Waals surface area contributed by atoms with E-state index in [9.17, 15) is 0 Å². The van der Waals surface area contributed by atoms with Crippen molar-refractivity contribution in [3.63, 3.8) is 0 Å². The highest BCUT2D eigenvalue weighted by atomic mass is 15.0. The molecule has 1 aromatic heterocycles. The maximum Gasteiger partial charge on any atom is 0.125 e. The van der Waals surface area contributed by atoms with E-state index < -0.39 is 0 Å². The lowest BCUT2D eigenvalue weighted by Crippen LogP contribution is -2.01. The van der Waals surface area contributed by atoms with Gasteiger partial charge >= 0.3 is 0 Å². The molecule has 13 heavy (non-hydrogen) atoms. The van der Waals surface area contributed by atoms with Crippen molar-refractivity contribution in [2.24, 2.45) is 0 Å². The second-order valence-corrected chi connectivity index (χ2v) is 3.01. The van der Waals surface area contributed by atoms with E-state index in [1.165, 1.54) is 5.56 Å². The van der Waals surface area contributed by atoms with Crippen LogP contribution in [0.25, 0.3) is 0 Å². The molecule has 1 N–H and O–H groups in total. The predicted octanol–water partition coefficient (Wildman–Crippen LogP) is 2.77. The van der Waals surface area contributed by atoms with Crippen LogP contribution in [0.2, 0.25) is 0 Å². The van der Waals surface area contributed by atoms with Crippen LogP contribution >= 0.6 is 0 Å². The second-order valence-electron chi connectivity index (χ2n) is 3.01. The van der Waals surface area contributed by atoms with E-state index in [0.29, 0.717) is 0 Å². The van der Waals surface area contributed by atoms with Crippen molar-refractivity contribution in [1.29, 1.82) is 0 Å². The fraction of sp³-hybridized carbons (Fsp3) is 0.364. The first kappa shape index (κ1) is 9.78. The van der Waals surface area contributed by atoms with Gasteiger partial charge in [-0.25, -0.2) is 4.98 Å². The van der Waals surface area contributed by atoms with Crippen LogP contribution in [0.3, 0.4) is 0 Å². The van der Waals surface area contributed by atoms with Crippen LogP contribution < -0.4 is 5.32 Å². The molecule has 0 aliphatic heterocycles. The van der Waals surface area contributed by atoms with Gasteiger partial charge < -0.3 is 5.32 Å². The first-order valence-corrected chi connectivity index (χ1v) is 4.60. The lowest BCUT2D eigenvalue weighted by atomic mass is 10.3. The van der Waals surface area contributed by atoms with E-state index in [2.05, 4.69) is 28.5 Å². The molecule has 0 radical (unpaired) electrons. The number of nitrogens with one attached hydrogen (secondary N) is 1. The highest BCUT2D eigenvalue weighted by molar-refractivity contribution is 5.34. The topological polar surface area (TPSA) is 24.9 Å². The van der Waals surface area contributed by atoms with Gasteiger partial charge in [-0.1, -0.05) is 18.2 Å². The van der Waals surface area contributed by atoms with Crippen LogP contribution in [0.15, 0.2) is 30.5 Å². The summed E-state index contributed by atoms with van der Waals surface area (Å²) in [5.41, 5.74) is 1.19. The summed E-state index contributed by atoms with van der Waals surface area (Å²) < 4.78 is 0. The van der Waals surface area contributed by atoms with Crippen molar-refractivity contribution in [2.75, 3.05) is 11.9 Å². The van der Waals surface area contributed by atoms with Crippen LogP contribution in [0.1, 0.15) is 18.9 Å². The minimum absolute atomic E-state index is 0.945. The van der Waals surface area contributed by atoms with E-state index in [-0.39, 0.29) is 0 Å². The molecule has 1 rings (SSSR count). The summed E-state index contributed by atoms with van der Waals surface area (Å²) in [4.78, 5) is 4.24. The van der Waals surface area contributed by atoms with Gasteiger partial charge in [0, 0.05) is 12.7 Å². The molecular formula is C11H16N2. The molecule has 70 valence electrons. The first-order chi connectivity index (χ1) is 6.33. The van der Waals surface area contributed by atoms with Gasteiger partial charge in [-0.3, -0.25) is 0 Å². The van der Waals surface area contributed by atoms with Crippen molar-refractivity contribution >= 4 is 5.82 Å². The second kappa shape index (κ2) is 5.36. The van der Waals surface area contributed by atoms with Crippen LogP contribution in [-0.4, -0.2) is 11.5 Å². The number of hydrogen-bond acceptors (Lipinski definition) is 2. The number of anilines is 1. The maximum absolute atomic E-state index is 4.24. The third kappa shape index (κ3) is 3.74. The van der Waals surface area contributed by atoms with Crippen molar-refractivity contribution in [1.82, 2.24) is 4.98 Å². The zero-order chi connectivity index (χ0) is 9.52. The Morgan fingerprint density at radius 2 is 2.31 bits per heavy atom. The number of hydrogen-bond donors (Lipinski definition) is 1. The summed E-state index contributed by atoms with van der Waals surface area (Å²) in [5, 5.41) is 3.24. The van der Waals surface area contributed by atoms with Crippen molar-refractivity contribution in [2.45, 2.75) is 20.3 Å². The summed E-state index contributed by atoms with van der Waals surface area (Å²) in [6, 6.07) is 4.07. The van der Waals surface area contributed by atoms with E-state index >= 15 is 0 Å². The Hall–Kier alpha value is -1.31. The van der Waals surface area contributed by atoms with Crippen LogP contribution in [0.4, 0.5) is 5.82 Å². The molecule has 2 heteroatoms. The van der Waals surface area contributed by atoms with Gasteiger partial charge in [-0.15, -0.1) is 0 Å². The zero-order valence-corrected chi connectivity index (χ0v) is 8.25. The number of aromatic nitrogens is 1. The fourth-order valence-electron chi connectivity index (χ4n) is 1.02. The van der Waals surface area contributed by atoms with Gasteiger partial charge in [0.25, 0.3) is 0 Å². The molecule has 0 aliphatic rings. The van der Waals surface area contributed by atoms with Crippen LogP contribution in [0, 0.1) is 6.92 Å². The summed E-state index contributed by atoms with van der Waals surface area (Å²) in [6.45, 7) is 5.02. The predicted molar refractivity (Wildman–Crippen MR) is 56.9 cm³/mol. The molecule has 0 amide bonds. The smallest absolute Gasteiger partial charge is 0.125 e.